The van der Waals surface area contributed by atoms with Crippen LogP contribution in [0.3, 0.4) is 0 Å². The molecular weight excluding hydrogens is 124 g/mol. The van der Waals surface area contributed by atoms with Crippen molar-refractivity contribution in [2.24, 2.45) is 5.11 Å². The predicted octanol–water partition coefficient (Wildman–Crippen LogP) is 1.24. The van der Waals surface area contributed by atoms with E-state index in [2.05, 4.69) is 9.90 Å². The average Bonchev–Trinajstić information content (AvgIpc) is 1.64. The lowest BCUT2D eigenvalue weighted by Crippen LogP contribution is -1.96. The minimum atomic E-state index is -0.250. The first-order chi connectivity index (χ1) is 3.79. The van der Waals surface area contributed by atoms with Gasteiger partial charge in [-0.1, -0.05) is 11.6 Å². The molecule has 42 valence electrons. The summed E-state index contributed by atoms with van der Waals surface area (Å²) in [5.41, 5.74) is 0.819. The van der Waals surface area contributed by atoms with Crippen molar-refractivity contribution in [1.82, 2.24) is 0 Å². The number of hydrogen-bond acceptors (Lipinski definition) is 1. The molecule has 2 nitrogen and oxygen atoms in total. The molecule has 0 radical (unpaired) electrons. The van der Waals surface area contributed by atoms with Gasteiger partial charge < -0.3 is 0 Å². The number of nitrogens with zero attached hydrogens (tertiary/aromatic N) is 2. The molecule has 0 fully saturated rings. The van der Waals surface area contributed by atoms with E-state index in [1.54, 1.807) is 6.21 Å². The number of hydrogen-bond donors (Lipinski definition) is 0. The highest BCUT2D eigenvalue weighted by atomic mass is 35.5. The fraction of sp³-hybridized carbons (Fsp3) is 0.400. The lowest BCUT2D eigenvalue weighted by atomic mass is 10.3. The molecule has 1 atom stereocenters. The van der Waals surface area contributed by atoms with Gasteiger partial charge in [-0.05, 0) is 13.0 Å². The van der Waals surface area contributed by atoms with Gasteiger partial charge in [-0.15, -0.1) is 0 Å². The summed E-state index contributed by atoms with van der Waals surface area (Å²) in [5.74, 6) is 0. The Morgan fingerprint density at radius 3 is 3.00 bits per heavy atom. The zero-order valence-electron chi connectivity index (χ0n) is 4.50. The Morgan fingerprint density at radius 2 is 2.62 bits per heavy atom. The number of allylic oxidation sites excluding steroid dienone is 1. The highest BCUT2D eigenvalue weighted by Gasteiger charge is 2.07. The van der Waals surface area contributed by atoms with E-state index in [4.69, 9.17) is 11.6 Å². The molecule has 0 saturated carbocycles. The Bertz CT molecular complexity index is 177. The second kappa shape index (κ2) is 2.12. The molecule has 0 N–H and O–H groups in total. The molecule has 1 unspecified atom stereocenters. The molecule has 1 aliphatic rings. The van der Waals surface area contributed by atoms with Crippen molar-refractivity contribution < 1.29 is 4.79 Å². The molecule has 3 heteroatoms. The summed E-state index contributed by atoms with van der Waals surface area (Å²) < 4.78 is 0. The number of alkyl halides is 1. The molecule has 0 aliphatic carbocycles. The summed E-state index contributed by atoms with van der Waals surface area (Å²) in [6.07, 6.45) is 3.52. The zero-order chi connectivity index (χ0) is 5.98. The fourth-order valence-corrected chi connectivity index (χ4v) is 0.731. The molecule has 1 rings (SSSR count). The maximum Gasteiger partial charge on any atom is 0.333 e. The van der Waals surface area contributed by atoms with Gasteiger partial charge in [0.05, 0.1) is 4.79 Å². The molecule has 8 heavy (non-hydrogen) atoms. The maximum atomic E-state index is 5.55. The van der Waals surface area contributed by atoms with Crippen LogP contribution in [0.4, 0.5) is 0 Å². The fourth-order valence-electron chi connectivity index (χ4n) is 0.481. The highest BCUT2D eigenvalue weighted by Crippen LogP contribution is 2.03. The van der Waals surface area contributed by atoms with Gasteiger partial charge in [0.15, 0.2) is 0 Å². The van der Waals surface area contributed by atoms with Crippen molar-refractivity contribution in [2.45, 2.75) is 12.4 Å². The van der Waals surface area contributed by atoms with E-state index in [1.807, 2.05) is 13.0 Å². The summed E-state index contributed by atoms with van der Waals surface area (Å²) in [5, 5.41) is 3.64. The standard InChI is InChI=1S/C5H6ClN2/c1-4-2-5(6)8-7-3-4/h2-3,5H,1H3/q+1. The summed E-state index contributed by atoms with van der Waals surface area (Å²) in [4.78, 5) is 3.64. The predicted molar refractivity (Wildman–Crippen MR) is 32.2 cm³/mol. The number of halogens is 1. The van der Waals surface area contributed by atoms with Crippen LogP contribution < -0.4 is 0 Å². The lowest BCUT2D eigenvalue weighted by Gasteiger charge is -1.87. The van der Waals surface area contributed by atoms with Crippen molar-refractivity contribution in [3.63, 3.8) is 0 Å². The normalized spacial score (nSPS) is 25.8. The second-order valence-electron chi connectivity index (χ2n) is 1.64. The third-order valence-corrected chi connectivity index (χ3v) is 1.05. The molecule has 0 aromatic rings. The van der Waals surface area contributed by atoms with E-state index in [1.165, 1.54) is 0 Å². The highest BCUT2D eigenvalue weighted by molar-refractivity contribution is 6.21. The SMILES string of the molecule is CC1=CC(Cl)N=[N+]=C1. The van der Waals surface area contributed by atoms with Crippen LogP contribution >= 0.6 is 11.6 Å². The van der Waals surface area contributed by atoms with E-state index in [-0.39, 0.29) is 5.50 Å². The van der Waals surface area contributed by atoms with E-state index in [0.717, 1.165) is 5.57 Å². The van der Waals surface area contributed by atoms with Gasteiger partial charge in [-0.25, -0.2) is 0 Å². The Kier molecular flexibility index (Phi) is 1.47. The van der Waals surface area contributed by atoms with E-state index in [0.29, 0.717) is 0 Å². The molecule has 0 aromatic heterocycles. The third-order valence-electron chi connectivity index (χ3n) is 0.839. The van der Waals surface area contributed by atoms with Crippen LogP contribution in [0.1, 0.15) is 6.92 Å². The molecule has 0 aromatic carbocycles. The smallest absolute Gasteiger partial charge is 0.0843 e. The first kappa shape index (κ1) is 5.54. The van der Waals surface area contributed by atoms with Gasteiger partial charge in [-0.3, -0.25) is 0 Å². The van der Waals surface area contributed by atoms with Crippen molar-refractivity contribution in [3.8, 4) is 0 Å². The van der Waals surface area contributed by atoms with Gasteiger partial charge >= 0.3 is 6.21 Å². The first-order valence-corrected chi connectivity index (χ1v) is 2.78. The van der Waals surface area contributed by atoms with Gasteiger partial charge in [0.2, 0.25) is 5.50 Å². The lowest BCUT2D eigenvalue weighted by molar-refractivity contribution is -0.0861. The molecule has 0 saturated heterocycles. The van der Waals surface area contributed by atoms with Gasteiger partial charge in [0.25, 0.3) is 0 Å². The van der Waals surface area contributed by atoms with E-state index < -0.39 is 0 Å². The zero-order valence-corrected chi connectivity index (χ0v) is 5.26. The van der Waals surface area contributed by atoms with Gasteiger partial charge in [-0.2, -0.15) is 0 Å². The van der Waals surface area contributed by atoms with E-state index in [9.17, 15) is 0 Å². The van der Waals surface area contributed by atoms with Crippen molar-refractivity contribution in [2.75, 3.05) is 0 Å². The minimum Gasteiger partial charge on any atom is -0.0843 e. The summed E-state index contributed by atoms with van der Waals surface area (Å²) in [6, 6.07) is 0. The largest absolute Gasteiger partial charge is 0.333 e. The molecule has 1 aliphatic heterocycles. The Morgan fingerprint density at radius 1 is 1.88 bits per heavy atom. The van der Waals surface area contributed by atoms with Crippen LogP contribution in [0, 0.1) is 0 Å². The van der Waals surface area contributed by atoms with Crippen molar-refractivity contribution >= 4 is 17.8 Å². The minimum absolute atomic E-state index is 0.250. The number of rotatable bonds is 0. The maximum absolute atomic E-state index is 5.55. The van der Waals surface area contributed by atoms with Gasteiger partial charge in [0.1, 0.15) is 5.11 Å². The Balaban J connectivity index is 2.86. The monoisotopic (exact) mass is 129 g/mol. The van der Waals surface area contributed by atoms with Crippen LogP contribution in [0.5, 0.6) is 0 Å². The molecular formula is C5H6ClN2+. The summed E-state index contributed by atoms with van der Waals surface area (Å²) in [7, 11) is 0. The Hall–Kier alpha value is -0.590. The quantitative estimate of drug-likeness (QED) is 0.267. The second-order valence-corrected chi connectivity index (χ2v) is 2.09. The first-order valence-electron chi connectivity index (χ1n) is 2.35. The van der Waals surface area contributed by atoms with Crippen LogP contribution in [-0.4, -0.2) is 16.5 Å². The van der Waals surface area contributed by atoms with E-state index >= 15 is 0 Å². The van der Waals surface area contributed by atoms with Crippen molar-refractivity contribution in [3.05, 3.63) is 11.6 Å². The summed E-state index contributed by atoms with van der Waals surface area (Å²) >= 11 is 5.55. The molecule has 0 spiro atoms. The van der Waals surface area contributed by atoms with Crippen LogP contribution in [0.25, 0.3) is 0 Å². The van der Waals surface area contributed by atoms with Crippen molar-refractivity contribution in [1.29, 1.82) is 0 Å². The van der Waals surface area contributed by atoms with Gasteiger partial charge in [0, 0.05) is 5.57 Å². The third kappa shape index (κ3) is 1.19. The molecule has 0 amide bonds. The molecule has 0 bridgehead atoms. The van der Waals surface area contributed by atoms with Crippen LogP contribution in [0.2, 0.25) is 0 Å². The van der Waals surface area contributed by atoms with Crippen LogP contribution in [-0.2, 0) is 0 Å². The average molecular weight is 130 g/mol. The Labute approximate surface area is 52.6 Å². The molecule has 1 heterocycles. The topological polar surface area (TPSA) is 26.5 Å². The summed E-state index contributed by atoms with van der Waals surface area (Å²) in [6.45, 7) is 1.94. The van der Waals surface area contributed by atoms with Crippen LogP contribution in [0.15, 0.2) is 16.8 Å².